The van der Waals surface area contributed by atoms with Crippen molar-refractivity contribution in [2.24, 2.45) is 0 Å². The standard InChI is InChI=1S/C30H27F3N6O4/c31-30(32,33)29(42-19-20-9-3-1-4-10-20)14-6-2-5-12-22-13-8-16-38(22)26-23(21-11-7-15-34-18-21)17-24(39(40)41)25(35-26)27-36-37-28(29)43-27/h1-5,7,9-11,15,17-18,22H,6,8,12-14,16,19H2/t22-,29?/m1/s1. The minimum atomic E-state index is -4.95. The molecule has 1 saturated heterocycles. The molecule has 0 spiro atoms. The zero-order chi connectivity index (χ0) is 30.0. The number of benzene rings is 1. The van der Waals surface area contributed by atoms with E-state index in [1.165, 1.54) is 6.07 Å². The first kappa shape index (κ1) is 28.5. The van der Waals surface area contributed by atoms with Gasteiger partial charge in [0.1, 0.15) is 5.82 Å². The van der Waals surface area contributed by atoms with Crippen LogP contribution in [0.2, 0.25) is 0 Å². The predicted molar refractivity (Wildman–Crippen MR) is 150 cm³/mol. The number of ether oxygens (including phenoxy) is 1. The highest BCUT2D eigenvalue weighted by Crippen LogP contribution is 2.47. The summed E-state index contributed by atoms with van der Waals surface area (Å²) in [7, 11) is 0. The number of aromatic nitrogens is 4. The Hall–Kier alpha value is -4.65. The van der Waals surface area contributed by atoms with E-state index in [0.29, 0.717) is 35.5 Å². The fourth-order valence-corrected chi connectivity index (χ4v) is 5.61. The number of pyridine rings is 2. The Morgan fingerprint density at radius 2 is 1.98 bits per heavy atom. The first-order valence-electron chi connectivity index (χ1n) is 13.9. The van der Waals surface area contributed by atoms with Gasteiger partial charge in [0.2, 0.25) is 11.3 Å². The van der Waals surface area contributed by atoms with Crippen molar-refractivity contribution in [2.45, 2.75) is 56.5 Å². The first-order valence-corrected chi connectivity index (χ1v) is 13.9. The van der Waals surface area contributed by atoms with Gasteiger partial charge in [0, 0.05) is 42.2 Å². The molecular formula is C30H27F3N6O4. The number of rotatable bonds is 5. The molecule has 4 bridgehead atoms. The fourth-order valence-electron chi connectivity index (χ4n) is 5.61. The van der Waals surface area contributed by atoms with E-state index in [9.17, 15) is 23.3 Å². The number of alkyl halides is 3. The van der Waals surface area contributed by atoms with Gasteiger partial charge in [0.25, 0.3) is 11.8 Å². The Labute approximate surface area is 244 Å². The zero-order valence-electron chi connectivity index (χ0n) is 22.9. The van der Waals surface area contributed by atoms with Crippen LogP contribution in [0.25, 0.3) is 22.7 Å². The van der Waals surface area contributed by atoms with Crippen LogP contribution in [0.1, 0.15) is 43.6 Å². The summed E-state index contributed by atoms with van der Waals surface area (Å²) >= 11 is 0. The number of hydrogen-bond acceptors (Lipinski definition) is 9. The van der Waals surface area contributed by atoms with Crippen molar-refractivity contribution in [3.8, 4) is 22.7 Å². The van der Waals surface area contributed by atoms with Crippen LogP contribution in [0.4, 0.5) is 24.7 Å². The third-order valence-corrected chi connectivity index (χ3v) is 7.80. The van der Waals surface area contributed by atoms with Crippen LogP contribution in [0.3, 0.4) is 0 Å². The largest absolute Gasteiger partial charge is 0.426 e. The SMILES string of the molecule is O=[N+]([O-])c1cc(-c2cccnc2)c2nc1-c1nnc(o1)C(OCc1ccccc1)(C(F)(F)F)CCC=CC[C@@H]1CCCN21. The van der Waals surface area contributed by atoms with Crippen LogP contribution in [-0.2, 0) is 16.9 Å². The van der Waals surface area contributed by atoms with Crippen LogP contribution in [-0.4, -0.2) is 43.9 Å². The molecule has 1 unspecified atom stereocenters. The van der Waals surface area contributed by atoms with Crippen LogP contribution >= 0.6 is 0 Å². The fraction of sp³-hybridized carbons (Fsp3) is 0.333. The lowest BCUT2D eigenvalue weighted by atomic mass is 9.95. The summed E-state index contributed by atoms with van der Waals surface area (Å²) in [6.45, 7) is 0.275. The maximum Gasteiger partial charge on any atom is 0.426 e. The highest BCUT2D eigenvalue weighted by Gasteiger charge is 2.61. The summed E-state index contributed by atoms with van der Waals surface area (Å²) in [5.41, 5.74) is -2.15. The molecule has 4 aromatic rings. The Balaban J connectivity index is 1.54. The average Bonchev–Trinajstić information content (AvgIpc) is 3.68. The molecule has 3 aromatic heterocycles. The minimum Gasteiger partial charge on any atom is -0.415 e. The van der Waals surface area contributed by atoms with Crippen molar-refractivity contribution in [1.29, 1.82) is 0 Å². The first-order chi connectivity index (χ1) is 20.8. The molecule has 2 atom stereocenters. The number of allylic oxidation sites excluding steroid dienone is 1. The lowest BCUT2D eigenvalue weighted by Gasteiger charge is -2.32. The van der Waals surface area contributed by atoms with Crippen molar-refractivity contribution >= 4 is 11.5 Å². The van der Waals surface area contributed by atoms with Crippen molar-refractivity contribution in [3.63, 3.8) is 0 Å². The molecule has 10 nitrogen and oxygen atoms in total. The van der Waals surface area contributed by atoms with Crippen molar-refractivity contribution in [3.05, 3.63) is 94.6 Å². The van der Waals surface area contributed by atoms with Crippen molar-refractivity contribution < 1.29 is 27.2 Å². The third kappa shape index (κ3) is 5.47. The second kappa shape index (κ2) is 11.6. The van der Waals surface area contributed by atoms with Crippen molar-refractivity contribution in [2.75, 3.05) is 11.4 Å². The minimum absolute atomic E-state index is 0.0172. The molecule has 222 valence electrons. The number of fused-ring (bicyclic) bond motifs is 7. The molecule has 13 heteroatoms. The van der Waals surface area contributed by atoms with E-state index in [1.807, 2.05) is 6.08 Å². The smallest absolute Gasteiger partial charge is 0.415 e. The lowest BCUT2D eigenvalue weighted by molar-refractivity contribution is -0.384. The topological polar surface area (TPSA) is 120 Å². The number of nitro groups is 1. The second-order valence-electron chi connectivity index (χ2n) is 10.5. The summed E-state index contributed by atoms with van der Waals surface area (Å²) in [6, 6.07) is 13.3. The van der Waals surface area contributed by atoms with Gasteiger partial charge in [0.15, 0.2) is 0 Å². The molecule has 1 aromatic carbocycles. The van der Waals surface area contributed by atoms with Gasteiger partial charge in [-0.25, -0.2) is 4.98 Å². The maximum atomic E-state index is 15.0. The maximum absolute atomic E-state index is 15.0. The third-order valence-electron chi connectivity index (χ3n) is 7.80. The molecule has 6 rings (SSSR count). The predicted octanol–water partition coefficient (Wildman–Crippen LogP) is 6.79. The van der Waals surface area contributed by atoms with E-state index < -0.39 is 40.6 Å². The summed E-state index contributed by atoms with van der Waals surface area (Å²) in [6.07, 6.45) is 3.52. The number of anilines is 1. The van der Waals surface area contributed by atoms with Gasteiger partial charge in [-0.15, -0.1) is 10.2 Å². The Kier molecular flexibility index (Phi) is 7.65. The quantitative estimate of drug-likeness (QED) is 0.140. The number of nitrogens with zero attached hydrogens (tertiary/aromatic N) is 6. The molecular weight excluding hydrogens is 565 g/mol. The molecule has 0 radical (unpaired) electrons. The molecule has 0 saturated carbocycles. The van der Waals surface area contributed by atoms with Gasteiger partial charge in [-0.3, -0.25) is 15.1 Å². The lowest BCUT2D eigenvalue weighted by Crippen LogP contribution is -2.45. The van der Waals surface area contributed by atoms with E-state index in [2.05, 4.69) is 25.1 Å². The van der Waals surface area contributed by atoms with Crippen LogP contribution in [0.15, 0.2) is 77.5 Å². The van der Waals surface area contributed by atoms with E-state index in [-0.39, 0.29) is 24.8 Å². The van der Waals surface area contributed by atoms with Gasteiger partial charge in [0.05, 0.1) is 11.5 Å². The average molecular weight is 593 g/mol. The Morgan fingerprint density at radius 1 is 1.14 bits per heavy atom. The monoisotopic (exact) mass is 592 g/mol. The summed E-state index contributed by atoms with van der Waals surface area (Å²) in [4.78, 5) is 22.5. The highest BCUT2D eigenvalue weighted by molar-refractivity contribution is 5.82. The molecule has 0 N–H and O–H groups in total. The molecule has 5 heterocycles. The van der Waals surface area contributed by atoms with Gasteiger partial charge in [-0.2, -0.15) is 13.2 Å². The molecule has 0 amide bonds. The van der Waals surface area contributed by atoms with E-state index >= 15 is 0 Å². The zero-order valence-corrected chi connectivity index (χ0v) is 22.9. The Morgan fingerprint density at radius 3 is 2.72 bits per heavy atom. The molecule has 43 heavy (non-hydrogen) atoms. The summed E-state index contributed by atoms with van der Waals surface area (Å²) in [5.74, 6) is -0.908. The normalized spacial score (nSPS) is 20.4. The van der Waals surface area contributed by atoms with Gasteiger partial charge in [-0.05, 0) is 43.7 Å². The van der Waals surface area contributed by atoms with Crippen LogP contribution in [0, 0.1) is 10.1 Å². The van der Waals surface area contributed by atoms with Gasteiger partial charge in [-0.1, -0.05) is 48.6 Å². The molecule has 2 aliphatic rings. The van der Waals surface area contributed by atoms with E-state index in [1.54, 1.807) is 60.9 Å². The number of hydrogen-bond donors (Lipinski definition) is 0. The van der Waals surface area contributed by atoms with Crippen LogP contribution < -0.4 is 4.90 Å². The van der Waals surface area contributed by atoms with Crippen LogP contribution in [0.5, 0.6) is 0 Å². The van der Waals surface area contributed by atoms with Crippen molar-refractivity contribution in [1.82, 2.24) is 20.2 Å². The Bertz CT molecular complexity index is 1630. The molecule has 0 aliphatic carbocycles. The highest BCUT2D eigenvalue weighted by atomic mass is 19.4. The molecule has 1 fully saturated rings. The summed E-state index contributed by atoms with van der Waals surface area (Å²) < 4.78 is 56.2. The number of halogens is 3. The van der Waals surface area contributed by atoms with Gasteiger partial charge >= 0.3 is 11.9 Å². The molecule has 2 aliphatic heterocycles. The van der Waals surface area contributed by atoms with E-state index in [4.69, 9.17) is 9.15 Å². The second-order valence-corrected chi connectivity index (χ2v) is 10.5. The van der Waals surface area contributed by atoms with E-state index in [0.717, 1.165) is 12.8 Å². The summed E-state index contributed by atoms with van der Waals surface area (Å²) in [5, 5.41) is 19.9. The van der Waals surface area contributed by atoms with Gasteiger partial charge < -0.3 is 14.1 Å².